The van der Waals surface area contributed by atoms with Crippen LogP contribution in [0.5, 0.6) is 0 Å². The average molecular weight is 345 g/mol. The molecule has 1 aromatic heterocycles. The molecule has 0 aliphatic carbocycles. The van der Waals surface area contributed by atoms with E-state index in [1.807, 2.05) is 0 Å². The molecule has 3 rings (SSSR count). The minimum atomic E-state index is 0.152. The van der Waals surface area contributed by atoms with E-state index in [1.54, 1.807) is 18.2 Å². The summed E-state index contributed by atoms with van der Waals surface area (Å²) in [6, 6.07) is 5.15. The molecule has 0 saturated carbocycles. The van der Waals surface area contributed by atoms with Crippen molar-refractivity contribution in [3.63, 3.8) is 0 Å². The highest BCUT2D eigenvalue weighted by atomic mass is 35.5. The van der Waals surface area contributed by atoms with E-state index in [9.17, 15) is 0 Å². The van der Waals surface area contributed by atoms with Gasteiger partial charge in [0.25, 0.3) is 0 Å². The predicted molar refractivity (Wildman–Crippen MR) is 86.0 cm³/mol. The van der Waals surface area contributed by atoms with E-state index in [1.165, 1.54) is 0 Å². The molecule has 1 N–H and O–H groups in total. The Hall–Kier alpha value is -1.30. The van der Waals surface area contributed by atoms with Gasteiger partial charge in [-0.25, -0.2) is 0 Å². The first-order chi connectivity index (χ1) is 10.1. The fourth-order valence-corrected chi connectivity index (χ4v) is 2.78. The van der Waals surface area contributed by atoms with Crippen molar-refractivity contribution in [2.75, 3.05) is 23.3 Å². The van der Waals surface area contributed by atoms with Crippen LogP contribution in [0.25, 0.3) is 0 Å². The molecule has 0 spiro atoms. The fraction of sp³-hybridized carbons (Fsp3) is 0.308. The first-order valence-electron chi connectivity index (χ1n) is 6.50. The Bertz CT molecular complexity index is 658. The van der Waals surface area contributed by atoms with Crippen LogP contribution in [0.2, 0.25) is 15.3 Å². The quantitative estimate of drug-likeness (QED) is 0.905. The van der Waals surface area contributed by atoms with Crippen molar-refractivity contribution in [1.29, 1.82) is 0 Å². The summed E-state index contributed by atoms with van der Waals surface area (Å²) in [5.74, 6) is 0.946. The minimum absolute atomic E-state index is 0.152. The molecule has 2 heterocycles. The van der Waals surface area contributed by atoms with Gasteiger partial charge in [-0.1, -0.05) is 23.2 Å². The van der Waals surface area contributed by atoms with Gasteiger partial charge in [0.15, 0.2) is 0 Å². The second kappa shape index (κ2) is 6.22. The zero-order chi connectivity index (χ0) is 14.8. The number of benzene rings is 1. The number of halogens is 3. The normalized spacial score (nSPS) is 14.5. The van der Waals surface area contributed by atoms with E-state index in [0.717, 1.165) is 25.9 Å². The monoisotopic (exact) mass is 343 g/mol. The highest BCUT2D eigenvalue weighted by molar-refractivity contribution is 6.36. The van der Waals surface area contributed by atoms with Crippen molar-refractivity contribution in [2.45, 2.75) is 12.8 Å². The third-order valence-corrected chi connectivity index (χ3v) is 3.88. The van der Waals surface area contributed by atoms with Crippen LogP contribution in [-0.4, -0.2) is 28.0 Å². The Balaban J connectivity index is 1.87. The van der Waals surface area contributed by atoms with Crippen molar-refractivity contribution in [3.05, 3.63) is 33.5 Å². The molecule has 110 valence electrons. The second-order valence-corrected chi connectivity index (χ2v) is 5.85. The van der Waals surface area contributed by atoms with Gasteiger partial charge in [0.2, 0.25) is 17.2 Å². The lowest BCUT2D eigenvalue weighted by atomic mass is 10.3. The Labute approximate surface area is 137 Å². The third kappa shape index (κ3) is 3.48. The maximum atomic E-state index is 6.12. The summed E-state index contributed by atoms with van der Waals surface area (Å²) in [4.78, 5) is 14.7. The summed E-state index contributed by atoms with van der Waals surface area (Å²) >= 11 is 18.0. The van der Waals surface area contributed by atoms with Gasteiger partial charge >= 0.3 is 0 Å². The largest absolute Gasteiger partial charge is 0.341 e. The molecule has 1 fully saturated rings. The lowest BCUT2D eigenvalue weighted by molar-refractivity contribution is 0.883. The molecule has 21 heavy (non-hydrogen) atoms. The molecule has 1 saturated heterocycles. The Morgan fingerprint density at radius 3 is 2.48 bits per heavy atom. The Kier molecular flexibility index (Phi) is 4.33. The zero-order valence-electron chi connectivity index (χ0n) is 11.0. The smallest absolute Gasteiger partial charge is 0.233 e. The molecular formula is C13H12Cl3N5. The van der Waals surface area contributed by atoms with E-state index in [2.05, 4.69) is 25.2 Å². The lowest BCUT2D eigenvalue weighted by Crippen LogP contribution is -2.21. The van der Waals surface area contributed by atoms with E-state index in [-0.39, 0.29) is 5.28 Å². The van der Waals surface area contributed by atoms with Gasteiger partial charge < -0.3 is 10.2 Å². The average Bonchev–Trinajstić information content (AvgIpc) is 2.95. The maximum absolute atomic E-state index is 6.12. The number of hydrogen-bond acceptors (Lipinski definition) is 5. The summed E-state index contributed by atoms with van der Waals surface area (Å²) < 4.78 is 0. The van der Waals surface area contributed by atoms with Gasteiger partial charge in [0.05, 0.1) is 10.7 Å². The summed E-state index contributed by atoms with van der Waals surface area (Å²) in [6.45, 7) is 1.86. The zero-order valence-corrected chi connectivity index (χ0v) is 13.3. The van der Waals surface area contributed by atoms with E-state index >= 15 is 0 Å². The van der Waals surface area contributed by atoms with Crippen molar-refractivity contribution >= 4 is 52.4 Å². The molecule has 1 aromatic carbocycles. The number of nitrogens with zero attached hydrogens (tertiary/aromatic N) is 4. The van der Waals surface area contributed by atoms with Gasteiger partial charge in [-0.05, 0) is 42.6 Å². The molecule has 2 aromatic rings. The van der Waals surface area contributed by atoms with Crippen molar-refractivity contribution < 1.29 is 0 Å². The van der Waals surface area contributed by atoms with Crippen LogP contribution < -0.4 is 10.2 Å². The minimum Gasteiger partial charge on any atom is -0.341 e. The number of aromatic nitrogens is 3. The summed E-state index contributed by atoms with van der Waals surface area (Å²) in [7, 11) is 0. The Morgan fingerprint density at radius 2 is 1.76 bits per heavy atom. The number of hydrogen-bond donors (Lipinski definition) is 1. The molecule has 0 unspecified atom stereocenters. The standard InChI is InChI=1S/C13H12Cl3N5/c14-8-3-4-10(9(15)7-8)17-12-18-11(16)19-13(20-12)21-5-1-2-6-21/h3-4,7H,1-2,5-6H2,(H,17,18,19,20). The van der Waals surface area contributed by atoms with Crippen LogP contribution in [0.3, 0.4) is 0 Å². The van der Waals surface area contributed by atoms with Gasteiger partial charge in [0, 0.05) is 18.1 Å². The number of rotatable bonds is 3. The highest BCUT2D eigenvalue weighted by Crippen LogP contribution is 2.28. The van der Waals surface area contributed by atoms with Crippen molar-refractivity contribution in [1.82, 2.24) is 15.0 Å². The molecule has 5 nitrogen and oxygen atoms in total. The van der Waals surface area contributed by atoms with Crippen LogP contribution in [-0.2, 0) is 0 Å². The summed E-state index contributed by atoms with van der Waals surface area (Å²) in [5, 5.41) is 4.25. The van der Waals surface area contributed by atoms with Gasteiger partial charge in [0.1, 0.15) is 0 Å². The van der Waals surface area contributed by atoms with E-state index in [0.29, 0.717) is 27.6 Å². The third-order valence-electron chi connectivity index (χ3n) is 3.16. The number of nitrogens with one attached hydrogen (secondary N) is 1. The van der Waals surface area contributed by atoms with Gasteiger partial charge in [-0.3, -0.25) is 0 Å². The van der Waals surface area contributed by atoms with Crippen LogP contribution >= 0.6 is 34.8 Å². The van der Waals surface area contributed by atoms with Crippen LogP contribution in [0.1, 0.15) is 12.8 Å². The second-order valence-electron chi connectivity index (χ2n) is 4.67. The molecule has 0 amide bonds. The molecule has 1 aliphatic rings. The van der Waals surface area contributed by atoms with Crippen molar-refractivity contribution in [2.24, 2.45) is 0 Å². The molecule has 0 radical (unpaired) electrons. The summed E-state index contributed by atoms with van der Waals surface area (Å²) in [6.07, 6.45) is 2.27. The topological polar surface area (TPSA) is 53.9 Å². The molecular weight excluding hydrogens is 333 g/mol. The molecule has 0 atom stereocenters. The maximum Gasteiger partial charge on any atom is 0.233 e. The van der Waals surface area contributed by atoms with Crippen LogP contribution in [0.15, 0.2) is 18.2 Å². The highest BCUT2D eigenvalue weighted by Gasteiger charge is 2.17. The molecule has 8 heteroatoms. The van der Waals surface area contributed by atoms with Gasteiger partial charge in [-0.15, -0.1) is 0 Å². The first-order valence-corrected chi connectivity index (χ1v) is 7.64. The number of anilines is 3. The van der Waals surface area contributed by atoms with Crippen molar-refractivity contribution in [3.8, 4) is 0 Å². The Morgan fingerprint density at radius 1 is 1.00 bits per heavy atom. The first kappa shape index (κ1) is 14.6. The molecule has 1 aliphatic heterocycles. The van der Waals surface area contributed by atoms with E-state index in [4.69, 9.17) is 34.8 Å². The lowest BCUT2D eigenvalue weighted by Gasteiger charge is -2.16. The predicted octanol–water partition coefficient (Wildman–Crippen LogP) is 4.18. The fourth-order valence-electron chi connectivity index (χ4n) is 2.17. The van der Waals surface area contributed by atoms with Gasteiger partial charge in [-0.2, -0.15) is 15.0 Å². The van der Waals surface area contributed by atoms with Crippen LogP contribution in [0, 0.1) is 0 Å². The van der Waals surface area contributed by atoms with E-state index < -0.39 is 0 Å². The summed E-state index contributed by atoms with van der Waals surface area (Å²) in [5.41, 5.74) is 0.663. The molecule has 0 bridgehead atoms. The SMILES string of the molecule is Clc1ccc(Nc2nc(Cl)nc(N3CCCC3)n2)c(Cl)c1. The van der Waals surface area contributed by atoms with Crippen LogP contribution in [0.4, 0.5) is 17.6 Å².